The van der Waals surface area contributed by atoms with Crippen LogP contribution in [0.25, 0.3) is 22.3 Å². The monoisotopic (exact) mass is 368 g/mol. The maximum atomic E-state index is 6.53. The number of hydrogen-bond acceptors (Lipinski definition) is 5. The topological polar surface area (TPSA) is 52.0 Å². The first-order valence-electron chi connectivity index (χ1n) is 9.49. The quantitative estimate of drug-likeness (QED) is 0.734. The summed E-state index contributed by atoms with van der Waals surface area (Å²) in [6.45, 7) is 6.37. The fourth-order valence-corrected chi connectivity index (χ4v) is 4.49. The Balaban J connectivity index is 1.58. The van der Waals surface area contributed by atoms with Gasteiger partial charge in [0.1, 0.15) is 17.4 Å². The van der Waals surface area contributed by atoms with Gasteiger partial charge in [-0.1, -0.05) is 0 Å². The molecule has 1 aromatic carbocycles. The van der Waals surface area contributed by atoms with E-state index in [1.807, 2.05) is 13.3 Å². The van der Waals surface area contributed by atoms with Crippen LogP contribution in [0, 0.1) is 12.8 Å². The molecule has 1 saturated heterocycles. The van der Waals surface area contributed by atoms with Crippen molar-refractivity contribution >= 4 is 22.4 Å². The lowest BCUT2D eigenvalue weighted by Gasteiger charge is -2.21. The molecule has 0 radical (unpaired) electrons. The van der Waals surface area contributed by atoms with Gasteiger partial charge in [-0.05, 0) is 51.8 Å². The summed E-state index contributed by atoms with van der Waals surface area (Å²) in [6.07, 6.45) is 5.81. The second-order valence-corrected chi connectivity index (χ2v) is 8.61. The summed E-state index contributed by atoms with van der Waals surface area (Å²) in [6, 6.07) is 4.89. The number of aromatic nitrogens is 3. The second kappa shape index (κ2) is 6.35. The van der Waals surface area contributed by atoms with Crippen molar-refractivity contribution < 1.29 is 4.74 Å². The normalized spacial score (nSPS) is 21.4. The molecule has 0 bridgehead atoms. The first-order valence-corrected chi connectivity index (χ1v) is 10.4. The van der Waals surface area contributed by atoms with Gasteiger partial charge in [-0.3, -0.25) is 0 Å². The van der Waals surface area contributed by atoms with Crippen LogP contribution < -0.4 is 10.1 Å². The molecule has 0 spiro atoms. The number of aryl methyl sites for hydroxylation is 1. The highest BCUT2D eigenvalue weighted by atomic mass is 32.1. The third kappa shape index (κ3) is 2.91. The van der Waals surface area contributed by atoms with Gasteiger partial charge in [0.2, 0.25) is 0 Å². The summed E-state index contributed by atoms with van der Waals surface area (Å²) in [5.41, 5.74) is 4.25. The predicted octanol–water partition coefficient (Wildman–Crippen LogP) is 4.18. The average molecular weight is 369 g/mol. The van der Waals surface area contributed by atoms with E-state index < -0.39 is 0 Å². The van der Waals surface area contributed by atoms with Crippen LogP contribution in [-0.2, 0) is 0 Å². The van der Waals surface area contributed by atoms with E-state index in [9.17, 15) is 0 Å². The largest absolute Gasteiger partial charge is 0.488 e. The van der Waals surface area contributed by atoms with Crippen LogP contribution in [0.5, 0.6) is 5.75 Å². The fourth-order valence-electron chi connectivity index (χ4n) is 3.87. The van der Waals surface area contributed by atoms with E-state index in [2.05, 4.69) is 44.3 Å². The van der Waals surface area contributed by atoms with Gasteiger partial charge in [0.15, 0.2) is 0 Å². The van der Waals surface area contributed by atoms with Gasteiger partial charge < -0.3 is 14.6 Å². The Morgan fingerprint density at radius 3 is 2.88 bits per heavy atom. The zero-order chi connectivity index (χ0) is 17.7. The van der Waals surface area contributed by atoms with Crippen LogP contribution in [0.2, 0.25) is 0 Å². The molecule has 1 aliphatic carbocycles. The molecule has 2 aliphatic rings. The van der Waals surface area contributed by atoms with Gasteiger partial charge in [-0.2, -0.15) is 0 Å². The van der Waals surface area contributed by atoms with Crippen LogP contribution in [0.1, 0.15) is 37.2 Å². The van der Waals surface area contributed by atoms with Gasteiger partial charge in [0, 0.05) is 29.4 Å². The summed E-state index contributed by atoms with van der Waals surface area (Å²) >= 11 is 1.68. The molecule has 3 aromatic rings. The molecule has 0 unspecified atom stereocenters. The van der Waals surface area contributed by atoms with E-state index >= 15 is 0 Å². The third-order valence-electron chi connectivity index (χ3n) is 5.56. The highest BCUT2D eigenvalue weighted by Gasteiger charge is 2.28. The van der Waals surface area contributed by atoms with Crippen molar-refractivity contribution in [2.45, 2.75) is 45.3 Å². The standard InChI is InChI=1S/C20H24N4OS/c1-12(14-5-6-21-9-14)25-19-8-15(18-10-26-13(2)23-18)7-17-20(19)24(11-22-17)16-3-4-16/h7-8,10-12,14,16,21H,3-6,9H2,1-2H3/t12-,14-/m1/s1. The van der Waals surface area contributed by atoms with Gasteiger partial charge in [-0.25, -0.2) is 9.97 Å². The number of fused-ring (bicyclic) bond motifs is 1. The van der Waals surface area contributed by atoms with E-state index in [4.69, 9.17) is 4.74 Å². The Hall–Kier alpha value is -1.92. The van der Waals surface area contributed by atoms with Crippen LogP contribution in [0.15, 0.2) is 23.8 Å². The molecule has 5 nitrogen and oxygen atoms in total. The molecule has 0 amide bonds. The van der Waals surface area contributed by atoms with E-state index in [0.29, 0.717) is 12.0 Å². The predicted molar refractivity (Wildman–Crippen MR) is 105 cm³/mol. The number of thiazole rings is 1. The third-order valence-corrected chi connectivity index (χ3v) is 6.34. The molecule has 2 aromatic heterocycles. The summed E-state index contributed by atoms with van der Waals surface area (Å²) < 4.78 is 8.84. The molecule has 26 heavy (non-hydrogen) atoms. The number of imidazole rings is 1. The van der Waals surface area contributed by atoms with Crippen LogP contribution in [-0.4, -0.2) is 33.7 Å². The maximum Gasteiger partial charge on any atom is 0.146 e. The van der Waals surface area contributed by atoms with Crippen molar-refractivity contribution in [2.75, 3.05) is 13.1 Å². The molecule has 5 rings (SSSR count). The summed E-state index contributed by atoms with van der Waals surface area (Å²) in [7, 11) is 0. The Labute approximate surface area is 157 Å². The summed E-state index contributed by atoms with van der Waals surface area (Å²) in [5, 5.41) is 6.64. The maximum absolute atomic E-state index is 6.53. The Morgan fingerprint density at radius 1 is 1.31 bits per heavy atom. The highest BCUT2D eigenvalue weighted by molar-refractivity contribution is 7.09. The molecular formula is C20H24N4OS. The number of benzene rings is 1. The number of nitrogens with one attached hydrogen (secondary N) is 1. The van der Waals surface area contributed by atoms with Crippen molar-refractivity contribution in [2.24, 2.45) is 5.92 Å². The first kappa shape index (κ1) is 16.3. The van der Waals surface area contributed by atoms with Crippen molar-refractivity contribution in [3.8, 4) is 17.0 Å². The lowest BCUT2D eigenvalue weighted by molar-refractivity contribution is 0.163. The molecular weight excluding hydrogens is 344 g/mol. The lowest BCUT2D eigenvalue weighted by atomic mass is 10.0. The number of rotatable bonds is 5. The Bertz CT molecular complexity index is 937. The number of hydrogen-bond donors (Lipinski definition) is 1. The lowest BCUT2D eigenvalue weighted by Crippen LogP contribution is -2.25. The van der Waals surface area contributed by atoms with E-state index in [-0.39, 0.29) is 6.10 Å². The SMILES string of the molecule is Cc1nc(-c2cc(O[C@H](C)[C@@H]3CCNC3)c3c(c2)ncn3C2CC2)cs1. The summed E-state index contributed by atoms with van der Waals surface area (Å²) in [4.78, 5) is 9.34. The minimum Gasteiger partial charge on any atom is -0.488 e. The van der Waals surface area contributed by atoms with Gasteiger partial charge >= 0.3 is 0 Å². The molecule has 136 valence electrons. The number of nitrogens with zero attached hydrogens (tertiary/aromatic N) is 3. The van der Waals surface area contributed by atoms with Gasteiger partial charge in [0.25, 0.3) is 0 Å². The molecule has 3 heterocycles. The van der Waals surface area contributed by atoms with Gasteiger partial charge in [-0.15, -0.1) is 11.3 Å². The zero-order valence-electron chi connectivity index (χ0n) is 15.2. The van der Waals surface area contributed by atoms with Crippen LogP contribution >= 0.6 is 11.3 Å². The Morgan fingerprint density at radius 2 is 2.19 bits per heavy atom. The van der Waals surface area contributed by atoms with Crippen LogP contribution in [0.4, 0.5) is 0 Å². The molecule has 1 N–H and O–H groups in total. The molecule has 6 heteroatoms. The summed E-state index contributed by atoms with van der Waals surface area (Å²) in [5.74, 6) is 1.51. The van der Waals surface area contributed by atoms with E-state index in [1.54, 1.807) is 11.3 Å². The van der Waals surface area contributed by atoms with Crippen molar-refractivity contribution in [1.82, 2.24) is 19.9 Å². The fraction of sp³-hybridized carbons (Fsp3) is 0.500. The minimum atomic E-state index is 0.183. The zero-order valence-corrected chi connectivity index (χ0v) is 16.1. The molecule has 2 atom stereocenters. The van der Waals surface area contributed by atoms with Crippen molar-refractivity contribution in [3.05, 3.63) is 28.8 Å². The second-order valence-electron chi connectivity index (χ2n) is 7.55. The van der Waals surface area contributed by atoms with Crippen LogP contribution in [0.3, 0.4) is 0 Å². The Kier molecular flexibility index (Phi) is 3.98. The van der Waals surface area contributed by atoms with E-state index in [0.717, 1.165) is 46.1 Å². The van der Waals surface area contributed by atoms with Gasteiger partial charge in [0.05, 0.1) is 22.5 Å². The molecule has 2 fully saturated rings. The van der Waals surface area contributed by atoms with Crippen molar-refractivity contribution in [1.29, 1.82) is 0 Å². The number of ether oxygens (including phenoxy) is 1. The van der Waals surface area contributed by atoms with E-state index in [1.165, 1.54) is 19.3 Å². The smallest absolute Gasteiger partial charge is 0.146 e. The minimum absolute atomic E-state index is 0.183. The molecule has 1 saturated carbocycles. The van der Waals surface area contributed by atoms with Crippen molar-refractivity contribution in [3.63, 3.8) is 0 Å². The molecule has 1 aliphatic heterocycles. The average Bonchev–Trinajstić information content (AvgIpc) is 3.06. The highest BCUT2D eigenvalue weighted by Crippen LogP contribution is 2.41. The first-order chi connectivity index (χ1) is 12.7.